The van der Waals surface area contributed by atoms with Gasteiger partial charge >= 0.3 is 0 Å². The minimum atomic E-state index is -0.331. The van der Waals surface area contributed by atoms with Crippen LogP contribution in [0.25, 0.3) is 0 Å². The number of amides is 2. The van der Waals surface area contributed by atoms with Gasteiger partial charge in [0.1, 0.15) is 11.9 Å². The third kappa shape index (κ3) is 5.25. The van der Waals surface area contributed by atoms with Gasteiger partial charge in [-0.2, -0.15) is 0 Å². The van der Waals surface area contributed by atoms with Gasteiger partial charge in [0.15, 0.2) is 0 Å². The van der Waals surface area contributed by atoms with Crippen molar-refractivity contribution in [2.24, 2.45) is 0 Å². The number of hydrogen-bond donors (Lipinski definition) is 1. The summed E-state index contributed by atoms with van der Waals surface area (Å²) in [5, 5.41) is 2.84. The second-order valence-electron chi connectivity index (χ2n) is 5.58. The molecule has 2 rings (SSSR count). The standard InChI is InChI=1S/C17H24N2O4/c1-13(20)19(12-14-5-7-15(22-2)8-6-14)10-9-18-17(21)16-4-3-11-23-16/h5-8,16H,3-4,9-12H2,1-2H3,(H,18,21). The Labute approximate surface area is 136 Å². The number of methoxy groups -OCH3 is 1. The van der Waals surface area contributed by atoms with Gasteiger partial charge in [-0.1, -0.05) is 12.1 Å². The van der Waals surface area contributed by atoms with E-state index in [-0.39, 0.29) is 17.9 Å². The first-order chi connectivity index (χ1) is 11.1. The maximum absolute atomic E-state index is 11.9. The van der Waals surface area contributed by atoms with Crippen LogP contribution in [-0.2, 0) is 20.9 Å². The summed E-state index contributed by atoms with van der Waals surface area (Å²) < 4.78 is 10.5. The first kappa shape index (κ1) is 17.3. The van der Waals surface area contributed by atoms with Gasteiger partial charge in [-0.15, -0.1) is 0 Å². The van der Waals surface area contributed by atoms with Crippen LogP contribution in [0.1, 0.15) is 25.3 Å². The summed E-state index contributed by atoms with van der Waals surface area (Å²) in [5.74, 6) is 0.676. The highest BCUT2D eigenvalue weighted by Gasteiger charge is 2.23. The van der Waals surface area contributed by atoms with Gasteiger partial charge in [-0.25, -0.2) is 0 Å². The van der Waals surface area contributed by atoms with Crippen LogP contribution in [0.3, 0.4) is 0 Å². The lowest BCUT2D eigenvalue weighted by atomic mass is 10.2. The molecule has 1 heterocycles. The second kappa shape index (κ2) is 8.53. The van der Waals surface area contributed by atoms with Crippen molar-refractivity contribution in [2.45, 2.75) is 32.4 Å². The number of hydrogen-bond acceptors (Lipinski definition) is 4. The molecule has 2 amide bonds. The Bertz CT molecular complexity index is 524. The SMILES string of the molecule is COc1ccc(CN(CCNC(=O)C2CCCO2)C(C)=O)cc1. The zero-order valence-electron chi connectivity index (χ0n) is 13.7. The normalized spacial score (nSPS) is 16.9. The molecular weight excluding hydrogens is 296 g/mol. The molecular formula is C17H24N2O4. The summed E-state index contributed by atoms with van der Waals surface area (Å²) in [6.07, 6.45) is 1.37. The van der Waals surface area contributed by atoms with Crippen molar-refractivity contribution in [3.63, 3.8) is 0 Å². The van der Waals surface area contributed by atoms with E-state index >= 15 is 0 Å². The average Bonchev–Trinajstić information content (AvgIpc) is 3.09. The largest absolute Gasteiger partial charge is 0.497 e. The van der Waals surface area contributed by atoms with E-state index in [0.29, 0.717) is 26.2 Å². The smallest absolute Gasteiger partial charge is 0.249 e. The van der Waals surface area contributed by atoms with E-state index in [4.69, 9.17) is 9.47 Å². The van der Waals surface area contributed by atoms with Crippen molar-refractivity contribution in [1.29, 1.82) is 0 Å². The van der Waals surface area contributed by atoms with Gasteiger partial charge < -0.3 is 19.7 Å². The van der Waals surface area contributed by atoms with E-state index < -0.39 is 0 Å². The van der Waals surface area contributed by atoms with E-state index in [9.17, 15) is 9.59 Å². The molecule has 6 nitrogen and oxygen atoms in total. The van der Waals surface area contributed by atoms with Crippen molar-refractivity contribution >= 4 is 11.8 Å². The number of benzene rings is 1. The fourth-order valence-electron chi connectivity index (χ4n) is 2.51. The molecule has 23 heavy (non-hydrogen) atoms. The predicted octanol–water partition coefficient (Wildman–Crippen LogP) is 1.34. The summed E-state index contributed by atoms with van der Waals surface area (Å²) in [7, 11) is 1.62. The van der Waals surface area contributed by atoms with Crippen molar-refractivity contribution in [3.05, 3.63) is 29.8 Å². The lowest BCUT2D eigenvalue weighted by Crippen LogP contribution is -2.40. The Balaban J connectivity index is 1.80. The molecule has 0 aromatic heterocycles. The Kier molecular flexibility index (Phi) is 6.40. The molecule has 1 unspecified atom stereocenters. The maximum atomic E-state index is 11.9. The highest BCUT2D eigenvalue weighted by Crippen LogP contribution is 2.13. The predicted molar refractivity (Wildman–Crippen MR) is 86.1 cm³/mol. The number of nitrogens with zero attached hydrogens (tertiary/aromatic N) is 1. The molecule has 126 valence electrons. The van der Waals surface area contributed by atoms with Crippen LogP contribution in [0.2, 0.25) is 0 Å². The molecule has 1 N–H and O–H groups in total. The molecule has 0 aliphatic carbocycles. The molecule has 1 fully saturated rings. The van der Waals surface area contributed by atoms with Crippen LogP contribution in [0.5, 0.6) is 5.75 Å². The van der Waals surface area contributed by atoms with Gasteiger partial charge in [-0.05, 0) is 30.5 Å². The van der Waals surface area contributed by atoms with Crippen molar-refractivity contribution in [1.82, 2.24) is 10.2 Å². The minimum absolute atomic E-state index is 0.0211. The summed E-state index contributed by atoms with van der Waals surface area (Å²) in [5.41, 5.74) is 1.02. The Hall–Kier alpha value is -2.08. The summed E-state index contributed by atoms with van der Waals surface area (Å²) in [4.78, 5) is 25.3. The highest BCUT2D eigenvalue weighted by molar-refractivity contribution is 5.81. The summed E-state index contributed by atoms with van der Waals surface area (Å²) in [6, 6.07) is 7.60. The molecule has 0 bridgehead atoms. The zero-order valence-corrected chi connectivity index (χ0v) is 13.7. The van der Waals surface area contributed by atoms with Crippen LogP contribution in [0.15, 0.2) is 24.3 Å². The molecule has 1 atom stereocenters. The molecule has 0 spiro atoms. The molecule has 0 saturated carbocycles. The van der Waals surface area contributed by atoms with Gasteiger partial charge in [0.2, 0.25) is 11.8 Å². The second-order valence-corrected chi connectivity index (χ2v) is 5.58. The van der Waals surface area contributed by atoms with Crippen molar-refractivity contribution in [2.75, 3.05) is 26.8 Å². The van der Waals surface area contributed by atoms with Gasteiger partial charge in [0.25, 0.3) is 0 Å². The van der Waals surface area contributed by atoms with Crippen LogP contribution < -0.4 is 10.1 Å². The van der Waals surface area contributed by atoms with Crippen LogP contribution in [0.4, 0.5) is 0 Å². The van der Waals surface area contributed by atoms with E-state index in [0.717, 1.165) is 24.2 Å². The monoisotopic (exact) mass is 320 g/mol. The summed E-state index contributed by atoms with van der Waals surface area (Å²) in [6.45, 7) is 3.59. The van der Waals surface area contributed by atoms with Crippen LogP contribution in [0, 0.1) is 0 Å². The number of ether oxygens (including phenoxy) is 2. The molecule has 1 saturated heterocycles. The van der Waals surface area contributed by atoms with Crippen molar-refractivity contribution in [3.8, 4) is 5.75 Å². The quantitative estimate of drug-likeness (QED) is 0.823. The van der Waals surface area contributed by atoms with Crippen LogP contribution in [-0.4, -0.2) is 49.6 Å². The maximum Gasteiger partial charge on any atom is 0.249 e. The highest BCUT2D eigenvalue weighted by atomic mass is 16.5. The zero-order chi connectivity index (χ0) is 16.7. The first-order valence-electron chi connectivity index (χ1n) is 7.88. The minimum Gasteiger partial charge on any atom is -0.497 e. The fourth-order valence-corrected chi connectivity index (χ4v) is 2.51. The van der Waals surface area contributed by atoms with E-state index in [1.54, 1.807) is 12.0 Å². The van der Waals surface area contributed by atoms with E-state index in [2.05, 4.69) is 5.32 Å². The number of nitrogens with one attached hydrogen (secondary N) is 1. The Morgan fingerprint density at radius 1 is 1.35 bits per heavy atom. The topological polar surface area (TPSA) is 67.9 Å². The van der Waals surface area contributed by atoms with Gasteiger partial charge in [0.05, 0.1) is 7.11 Å². The third-order valence-electron chi connectivity index (χ3n) is 3.88. The first-order valence-corrected chi connectivity index (χ1v) is 7.88. The fraction of sp³-hybridized carbons (Fsp3) is 0.529. The lowest BCUT2D eigenvalue weighted by molar-refractivity contribution is -0.132. The molecule has 1 aromatic rings. The molecule has 1 aliphatic rings. The molecule has 1 aromatic carbocycles. The summed E-state index contributed by atoms with van der Waals surface area (Å²) >= 11 is 0. The van der Waals surface area contributed by atoms with E-state index in [1.807, 2.05) is 24.3 Å². The average molecular weight is 320 g/mol. The number of rotatable bonds is 7. The molecule has 6 heteroatoms. The van der Waals surface area contributed by atoms with Crippen molar-refractivity contribution < 1.29 is 19.1 Å². The lowest BCUT2D eigenvalue weighted by Gasteiger charge is -2.22. The van der Waals surface area contributed by atoms with Gasteiger partial charge in [0, 0.05) is 33.2 Å². The molecule has 1 aliphatic heterocycles. The van der Waals surface area contributed by atoms with E-state index in [1.165, 1.54) is 6.92 Å². The number of carbonyl (C=O) groups is 2. The van der Waals surface area contributed by atoms with Crippen LogP contribution >= 0.6 is 0 Å². The van der Waals surface area contributed by atoms with Gasteiger partial charge in [-0.3, -0.25) is 9.59 Å². The molecule has 0 radical (unpaired) electrons. The Morgan fingerprint density at radius 2 is 2.09 bits per heavy atom. The third-order valence-corrected chi connectivity index (χ3v) is 3.88. The number of carbonyl (C=O) groups excluding carboxylic acids is 2. The Morgan fingerprint density at radius 3 is 2.65 bits per heavy atom.